The van der Waals surface area contributed by atoms with Crippen LogP contribution in [-0.4, -0.2) is 60.0 Å². The number of nitrogens with zero attached hydrogens (tertiary/aromatic N) is 3. The molecule has 6 nitrogen and oxygen atoms in total. The van der Waals surface area contributed by atoms with Gasteiger partial charge in [0.25, 0.3) is 5.91 Å². The molecule has 1 fully saturated rings. The molecule has 0 aromatic carbocycles. The molecule has 104 valence electrons. The molecule has 6 heteroatoms. The third-order valence-corrected chi connectivity index (χ3v) is 3.16. The van der Waals surface area contributed by atoms with Crippen LogP contribution in [0.3, 0.4) is 0 Å². The van der Waals surface area contributed by atoms with Crippen molar-refractivity contribution in [3.8, 4) is 0 Å². The number of hydrogen-bond donors (Lipinski definition) is 2. The van der Waals surface area contributed by atoms with E-state index in [2.05, 4.69) is 25.5 Å². The van der Waals surface area contributed by atoms with Crippen molar-refractivity contribution >= 4 is 5.91 Å². The van der Waals surface area contributed by atoms with E-state index < -0.39 is 0 Å². The van der Waals surface area contributed by atoms with E-state index in [1.807, 2.05) is 6.92 Å². The van der Waals surface area contributed by atoms with Crippen molar-refractivity contribution in [2.45, 2.75) is 13.3 Å². The summed E-state index contributed by atoms with van der Waals surface area (Å²) in [5, 5.41) is 6.20. The molecule has 0 unspecified atom stereocenters. The SMILES string of the molecule is Cc1cnc(C(=O)NCCCN2CCNCC2)cn1. The van der Waals surface area contributed by atoms with Crippen molar-refractivity contribution in [2.75, 3.05) is 39.3 Å². The summed E-state index contributed by atoms with van der Waals surface area (Å²) in [6.45, 7) is 7.87. The van der Waals surface area contributed by atoms with Crippen molar-refractivity contribution in [2.24, 2.45) is 0 Å². The minimum absolute atomic E-state index is 0.146. The fraction of sp³-hybridized carbons (Fsp3) is 0.615. The first-order valence-corrected chi connectivity index (χ1v) is 6.75. The minimum Gasteiger partial charge on any atom is -0.351 e. The van der Waals surface area contributed by atoms with Gasteiger partial charge >= 0.3 is 0 Å². The van der Waals surface area contributed by atoms with Crippen LogP contribution in [-0.2, 0) is 0 Å². The first kappa shape index (κ1) is 13.9. The standard InChI is InChI=1S/C13H21N5O/c1-11-9-17-12(10-16-11)13(19)15-3-2-6-18-7-4-14-5-8-18/h9-10,14H,2-8H2,1H3,(H,15,19). The van der Waals surface area contributed by atoms with Gasteiger partial charge in [0, 0.05) is 38.9 Å². The molecule has 1 aromatic heterocycles. The molecule has 2 rings (SSSR count). The Morgan fingerprint density at radius 3 is 2.84 bits per heavy atom. The van der Waals surface area contributed by atoms with E-state index in [0.29, 0.717) is 12.2 Å². The Kier molecular flexibility index (Phi) is 5.23. The van der Waals surface area contributed by atoms with Gasteiger partial charge in [0.2, 0.25) is 0 Å². The summed E-state index contributed by atoms with van der Waals surface area (Å²) in [6.07, 6.45) is 4.08. The summed E-state index contributed by atoms with van der Waals surface area (Å²) >= 11 is 0. The average Bonchev–Trinajstić information content (AvgIpc) is 2.45. The number of carbonyl (C=O) groups excluding carboxylic acids is 1. The molecule has 1 aliphatic rings. The second kappa shape index (κ2) is 7.16. The maximum absolute atomic E-state index is 11.8. The third-order valence-electron chi connectivity index (χ3n) is 3.16. The van der Waals surface area contributed by atoms with Gasteiger partial charge in [0.05, 0.1) is 11.9 Å². The Morgan fingerprint density at radius 1 is 1.37 bits per heavy atom. The zero-order chi connectivity index (χ0) is 13.5. The van der Waals surface area contributed by atoms with E-state index in [-0.39, 0.29) is 5.91 Å². The lowest BCUT2D eigenvalue weighted by atomic mass is 10.3. The third kappa shape index (κ3) is 4.57. The molecule has 1 aromatic rings. The van der Waals surface area contributed by atoms with Gasteiger partial charge in [-0.1, -0.05) is 0 Å². The Bertz CT molecular complexity index is 400. The fourth-order valence-electron chi connectivity index (χ4n) is 2.04. The topological polar surface area (TPSA) is 70.2 Å². The van der Waals surface area contributed by atoms with E-state index in [1.54, 1.807) is 6.20 Å². The molecule has 0 radical (unpaired) electrons. The molecule has 1 aliphatic heterocycles. The monoisotopic (exact) mass is 263 g/mol. The van der Waals surface area contributed by atoms with Crippen LogP contribution in [0.5, 0.6) is 0 Å². The molecule has 0 saturated carbocycles. The Morgan fingerprint density at radius 2 is 2.16 bits per heavy atom. The highest BCUT2D eigenvalue weighted by Gasteiger charge is 2.09. The van der Waals surface area contributed by atoms with E-state index in [9.17, 15) is 4.79 Å². The van der Waals surface area contributed by atoms with Crippen molar-refractivity contribution in [1.29, 1.82) is 0 Å². The zero-order valence-electron chi connectivity index (χ0n) is 11.4. The lowest BCUT2D eigenvalue weighted by molar-refractivity contribution is 0.0946. The largest absolute Gasteiger partial charge is 0.351 e. The number of aromatic nitrogens is 2. The van der Waals surface area contributed by atoms with Gasteiger partial charge < -0.3 is 15.5 Å². The molecular weight excluding hydrogens is 242 g/mol. The number of piperazine rings is 1. The van der Waals surface area contributed by atoms with Crippen molar-refractivity contribution < 1.29 is 4.79 Å². The van der Waals surface area contributed by atoms with Crippen molar-refractivity contribution in [3.63, 3.8) is 0 Å². The van der Waals surface area contributed by atoms with Crippen LogP contribution in [0, 0.1) is 6.92 Å². The molecule has 1 saturated heterocycles. The van der Waals surface area contributed by atoms with Crippen LogP contribution in [0.25, 0.3) is 0 Å². The smallest absolute Gasteiger partial charge is 0.271 e. The van der Waals surface area contributed by atoms with E-state index >= 15 is 0 Å². The highest BCUT2D eigenvalue weighted by Crippen LogP contribution is 1.96. The van der Waals surface area contributed by atoms with E-state index in [0.717, 1.165) is 44.8 Å². The van der Waals surface area contributed by atoms with Gasteiger partial charge in [-0.15, -0.1) is 0 Å². The average molecular weight is 263 g/mol. The molecule has 1 amide bonds. The highest BCUT2D eigenvalue weighted by molar-refractivity contribution is 5.91. The minimum atomic E-state index is -0.146. The van der Waals surface area contributed by atoms with Crippen LogP contribution >= 0.6 is 0 Å². The first-order valence-electron chi connectivity index (χ1n) is 6.75. The molecule has 0 bridgehead atoms. The van der Waals surface area contributed by atoms with Gasteiger partial charge in [-0.25, -0.2) is 4.98 Å². The molecular formula is C13H21N5O. The summed E-state index contributed by atoms with van der Waals surface area (Å²) in [5.74, 6) is -0.146. The van der Waals surface area contributed by atoms with Crippen LogP contribution in [0.15, 0.2) is 12.4 Å². The Labute approximate surface area is 113 Å². The van der Waals surface area contributed by atoms with Gasteiger partial charge in [-0.3, -0.25) is 9.78 Å². The van der Waals surface area contributed by atoms with Crippen LogP contribution in [0.4, 0.5) is 0 Å². The Hall–Kier alpha value is -1.53. The first-order chi connectivity index (χ1) is 9.25. The molecule has 0 atom stereocenters. The second-order valence-electron chi connectivity index (χ2n) is 4.74. The summed E-state index contributed by atoms with van der Waals surface area (Å²) < 4.78 is 0. The molecule has 0 spiro atoms. The van der Waals surface area contributed by atoms with E-state index in [4.69, 9.17) is 0 Å². The molecule has 19 heavy (non-hydrogen) atoms. The normalized spacial score (nSPS) is 16.3. The fourth-order valence-corrected chi connectivity index (χ4v) is 2.04. The summed E-state index contributed by atoms with van der Waals surface area (Å²) in [7, 11) is 0. The highest BCUT2D eigenvalue weighted by atomic mass is 16.1. The van der Waals surface area contributed by atoms with Crippen LogP contribution in [0.1, 0.15) is 22.6 Å². The summed E-state index contributed by atoms with van der Waals surface area (Å²) in [4.78, 5) is 22.3. The van der Waals surface area contributed by atoms with Gasteiger partial charge in [-0.05, 0) is 19.9 Å². The van der Waals surface area contributed by atoms with Crippen molar-refractivity contribution in [3.05, 3.63) is 23.8 Å². The number of rotatable bonds is 5. The number of amides is 1. The quantitative estimate of drug-likeness (QED) is 0.721. The Balaban J connectivity index is 1.64. The lowest BCUT2D eigenvalue weighted by Crippen LogP contribution is -2.44. The lowest BCUT2D eigenvalue weighted by Gasteiger charge is -2.27. The number of aryl methyl sites for hydroxylation is 1. The zero-order valence-corrected chi connectivity index (χ0v) is 11.4. The maximum Gasteiger partial charge on any atom is 0.271 e. The van der Waals surface area contributed by atoms with Gasteiger partial charge in [-0.2, -0.15) is 0 Å². The molecule has 0 aliphatic carbocycles. The molecule has 2 N–H and O–H groups in total. The predicted molar refractivity (Wildman–Crippen MR) is 73.0 cm³/mol. The van der Waals surface area contributed by atoms with Crippen LogP contribution < -0.4 is 10.6 Å². The van der Waals surface area contributed by atoms with E-state index in [1.165, 1.54) is 6.20 Å². The second-order valence-corrected chi connectivity index (χ2v) is 4.74. The summed E-state index contributed by atoms with van der Waals surface area (Å²) in [5.41, 5.74) is 1.20. The summed E-state index contributed by atoms with van der Waals surface area (Å²) in [6, 6.07) is 0. The van der Waals surface area contributed by atoms with Gasteiger partial charge in [0.15, 0.2) is 0 Å². The van der Waals surface area contributed by atoms with Crippen molar-refractivity contribution in [1.82, 2.24) is 25.5 Å². The number of nitrogens with one attached hydrogen (secondary N) is 2. The van der Waals surface area contributed by atoms with Gasteiger partial charge in [0.1, 0.15) is 5.69 Å². The number of carbonyl (C=O) groups is 1. The predicted octanol–water partition coefficient (Wildman–Crippen LogP) is -0.190. The molecule has 2 heterocycles. The van der Waals surface area contributed by atoms with Crippen LogP contribution in [0.2, 0.25) is 0 Å². The number of hydrogen-bond acceptors (Lipinski definition) is 5. The maximum atomic E-state index is 11.8.